The minimum Gasteiger partial charge on any atom is -0.340 e. The van der Waals surface area contributed by atoms with Gasteiger partial charge in [0.2, 0.25) is 0 Å². The quantitative estimate of drug-likeness (QED) is 0.403. The molecule has 0 spiro atoms. The van der Waals surface area contributed by atoms with Crippen molar-refractivity contribution in [1.82, 2.24) is 4.98 Å². The summed E-state index contributed by atoms with van der Waals surface area (Å²) < 4.78 is 40.4. The van der Waals surface area contributed by atoms with Gasteiger partial charge in [0.15, 0.2) is 5.78 Å². The number of halogens is 6. The number of alkyl halides is 3. The second kappa shape index (κ2) is 7.30. The molecule has 2 aromatic carbocycles. The summed E-state index contributed by atoms with van der Waals surface area (Å²) in [6, 6.07) is 8.05. The number of hydrogen-bond acceptors (Lipinski definition) is 3. The third kappa shape index (κ3) is 4.20. The fourth-order valence-corrected chi connectivity index (χ4v) is 3.56. The molecule has 0 radical (unpaired) electrons. The van der Waals surface area contributed by atoms with Crippen LogP contribution < -0.4 is 5.32 Å². The number of ketones is 1. The zero-order chi connectivity index (χ0) is 19.9. The molecule has 0 atom stereocenters. The summed E-state index contributed by atoms with van der Waals surface area (Å²) in [4.78, 5) is 16.3. The number of Topliss-reactive ketones (excluding diaryl/α,β-unsaturated/α-hetero) is 1. The zero-order valence-corrected chi connectivity index (χ0v) is 16.7. The second-order valence-corrected chi connectivity index (χ2v) is 7.44. The number of hydrogen-bond donors (Lipinski definition) is 1. The minimum absolute atomic E-state index is 0.0159. The largest absolute Gasteiger partial charge is 0.417 e. The molecular weight excluding hydrogens is 468 g/mol. The lowest BCUT2D eigenvalue weighted by Crippen LogP contribution is -2.09. The van der Waals surface area contributed by atoms with Crippen LogP contribution in [0.4, 0.5) is 24.7 Å². The van der Waals surface area contributed by atoms with Crippen molar-refractivity contribution < 1.29 is 18.0 Å². The Morgan fingerprint density at radius 3 is 2.30 bits per heavy atom. The molecule has 140 valence electrons. The maximum absolute atomic E-state index is 13.3. The first kappa shape index (κ1) is 19.9. The highest BCUT2D eigenvalue weighted by atomic mass is 79.9. The molecule has 0 saturated heterocycles. The Hall–Kier alpha value is -1.83. The van der Waals surface area contributed by atoms with E-state index in [0.717, 1.165) is 6.07 Å². The summed E-state index contributed by atoms with van der Waals surface area (Å²) in [6.45, 7) is 1.25. The third-order valence-electron chi connectivity index (χ3n) is 3.75. The topological polar surface area (TPSA) is 42.0 Å². The van der Waals surface area contributed by atoms with E-state index in [0.29, 0.717) is 20.2 Å². The van der Waals surface area contributed by atoms with Gasteiger partial charge in [-0.15, -0.1) is 0 Å². The van der Waals surface area contributed by atoms with Gasteiger partial charge in [-0.1, -0.05) is 23.2 Å². The van der Waals surface area contributed by atoms with Gasteiger partial charge >= 0.3 is 6.18 Å². The molecule has 3 rings (SSSR count). The summed E-state index contributed by atoms with van der Waals surface area (Å²) >= 11 is 15.1. The SMILES string of the molecule is CC(=O)c1cc2c(C(F)(F)F)ccc(Br)c2nc1Nc1cc(Cl)cc(Cl)c1. The number of benzene rings is 2. The van der Waals surface area contributed by atoms with Crippen LogP contribution in [0, 0.1) is 0 Å². The van der Waals surface area contributed by atoms with Gasteiger partial charge in [-0.05, 0) is 59.3 Å². The summed E-state index contributed by atoms with van der Waals surface area (Å²) in [5, 5.41) is 3.45. The Labute approximate surface area is 170 Å². The zero-order valence-electron chi connectivity index (χ0n) is 13.6. The predicted molar refractivity (Wildman–Crippen MR) is 104 cm³/mol. The van der Waals surface area contributed by atoms with E-state index in [9.17, 15) is 18.0 Å². The minimum atomic E-state index is -4.58. The van der Waals surface area contributed by atoms with Gasteiger partial charge in [0.25, 0.3) is 0 Å². The summed E-state index contributed by atoms with van der Waals surface area (Å²) in [6.07, 6.45) is -4.58. The molecule has 0 aliphatic carbocycles. The third-order valence-corrected chi connectivity index (χ3v) is 4.82. The van der Waals surface area contributed by atoms with Crippen molar-refractivity contribution in [2.24, 2.45) is 0 Å². The molecule has 0 saturated carbocycles. The lowest BCUT2D eigenvalue weighted by atomic mass is 10.0. The van der Waals surface area contributed by atoms with Crippen molar-refractivity contribution in [1.29, 1.82) is 0 Å². The predicted octanol–water partition coefficient (Wildman–Crippen LogP) is 7.27. The molecule has 0 bridgehead atoms. The van der Waals surface area contributed by atoms with Crippen LogP contribution in [0.1, 0.15) is 22.8 Å². The van der Waals surface area contributed by atoms with Gasteiger partial charge in [0.05, 0.1) is 16.6 Å². The van der Waals surface area contributed by atoms with Crippen molar-refractivity contribution >= 4 is 67.3 Å². The van der Waals surface area contributed by atoms with Crippen LogP contribution in [-0.4, -0.2) is 10.8 Å². The molecule has 27 heavy (non-hydrogen) atoms. The van der Waals surface area contributed by atoms with Crippen molar-refractivity contribution in [3.05, 3.63) is 62.0 Å². The smallest absolute Gasteiger partial charge is 0.340 e. The van der Waals surface area contributed by atoms with E-state index >= 15 is 0 Å². The lowest BCUT2D eigenvalue weighted by Gasteiger charge is -2.15. The van der Waals surface area contributed by atoms with Gasteiger partial charge in [0.1, 0.15) is 5.82 Å². The standard InChI is InChI=1S/C18H10BrCl2F3N2O/c1-8(27)12-7-13-14(18(22,23)24)2-3-15(19)16(13)26-17(12)25-11-5-9(20)4-10(21)6-11/h2-7H,1H3,(H,25,26). The van der Waals surface area contributed by atoms with E-state index in [1.54, 1.807) is 12.1 Å². The number of rotatable bonds is 3. The number of nitrogens with one attached hydrogen (secondary N) is 1. The van der Waals surface area contributed by atoms with Crippen LogP contribution >= 0.6 is 39.1 Å². The van der Waals surface area contributed by atoms with Gasteiger partial charge in [-0.3, -0.25) is 4.79 Å². The van der Waals surface area contributed by atoms with E-state index in [1.165, 1.54) is 25.1 Å². The van der Waals surface area contributed by atoms with Crippen molar-refractivity contribution in [2.75, 3.05) is 5.32 Å². The van der Waals surface area contributed by atoms with Gasteiger partial charge in [-0.25, -0.2) is 4.98 Å². The maximum Gasteiger partial charge on any atom is 0.417 e. The lowest BCUT2D eigenvalue weighted by molar-refractivity contribution is -0.136. The molecule has 0 fully saturated rings. The summed E-state index contributed by atoms with van der Waals surface area (Å²) in [5.41, 5.74) is -0.328. The Morgan fingerprint density at radius 1 is 1.11 bits per heavy atom. The van der Waals surface area contributed by atoms with Gasteiger partial charge < -0.3 is 5.32 Å². The number of anilines is 2. The molecule has 1 N–H and O–H groups in total. The van der Waals surface area contributed by atoms with Gasteiger partial charge in [0, 0.05) is 25.6 Å². The van der Waals surface area contributed by atoms with Crippen LogP contribution in [0.2, 0.25) is 10.0 Å². The number of carbonyl (C=O) groups excluding carboxylic acids is 1. The highest BCUT2D eigenvalue weighted by Gasteiger charge is 2.33. The van der Waals surface area contributed by atoms with Gasteiger partial charge in [-0.2, -0.15) is 13.2 Å². The Morgan fingerprint density at radius 2 is 1.74 bits per heavy atom. The molecule has 1 heterocycles. The number of fused-ring (bicyclic) bond motifs is 1. The Bertz CT molecular complexity index is 1050. The average molecular weight is 478 g/mol. The van der Waals surface area contributed by atoms with Crippen molar-refractivity contribution in [3.8, 4) is 0 Å². The van der Waals surface area contributed by atoms with Crippen LogP contribution in [0.15, 0.2) is 40.9 Å². The van der Waals surface area contributed by atoms with E-state index in [4.69, 9.17) is 23.2 Å². The summed E-state index contributed by atoms with van der Waals surface area (Å²) in [5.74, 6) is -0.332. The molecule has 0 unspecified atom stereocenters. The second-order valence-electron chi connectivity index (χ2n) is 5.71. The van der Waals surface area contributed by atoms with E-state index in [-0.39, 0.29) is 22.3 Å². The molecule has 1 aromatic heterocycles. The van der Waals surface area contributed by atoms with Crippen molar-refractivity contribution in [2.45, 2.75) is 13.1 Å². The van der Waals surface area contributed by atoms with Crippen LogP contribution in [0.3, 0.4) is 0 Å². The molecule has 0 amide bonds. The number of nitrogens with zero attached hydrogens (tertiary/aromatic N) is 1. The first-order valence-corrected chi connectivity index (χ1v) is 9.05. The molecule has 0 aliphatic heterocycles. The van der Waals surface area contributed by atoms with Crippen LogP contribution in [-0.2, 0) is 6.18 Å². The fourth-order valence-electron chi connectivity index (χ4n) is 2.60. The Balaban J connectivity index is 2.25. The number of pyridine rings is 1. The average Bonchev–Trinajstić information content (AvgIpc) is 2.52. The normalized spacial score (nSPS) is 11.7. The molecule has 3 nitrogen and oxygen atoms in total. The highest BCUT2D eigenvalue weighted by molar-refractivity contribution is 9.10. The van der Waals surface area contributed by atoms with Crippen molar-refractivity contribution in [3.63, 3.8) is 0 Å². The van der Waals surface area contributed by atoms with E-state index in [1.807, 2.05) is 0 Å². The molecular formula is C18H10BrCl2F3N2O. The summed E-state index contributed by atoms with van der Waals surface area (Å²) in [7, 11) is 0. The fraction of sp³-hybridized carbons (Fsp3) is 0.111. The van der Waals surface area contributed by atoms with E-state index < -0.39 is 17.5 Å². The highest BCUT2D eigenvalue weighted by Crippen LogP contribution is 2.38. The number of carbonyl (C=O) groups is 1. The molecule has 3 aromatic rings. The molecule has 0 aliphatic rings. The van der Waals surface area contributed by atoms with E-state index in [2.05, 4.69) is 26.2 Å². The molecule has 9 heteroatoms. The van der Waals surface area contributed by atoms with Crippen LogP contribution in [0.5, 0.6) is 0 Å². The maximum atomic E-state index is 13.3. The Kier molecular flexibility index (Phi) is 5.38. The monoisotopic (exact) mass is 476 g/mol. The first-order valence-electron chi connectivity index (χ1n) is 7.51. The first-order chi connectivity index (χ1) is 12.6. The van der Waals surface area contributed by atoms with Crippen LogP contribution in [0.25, 0.3) is 10.9 Å². The number of aromatic nitrogens is 1.